The van der Waals surface area contributed by atoms with Crippen molar-refractivity contribution in [2.45, 2.75) is 26.9 Å². The predicted molar refractivity (Wildman–Crippen MR) is 136 cm³/mol. The Hall–Kier alpha value is -3.66. The van der Waals surface area contributed by atoms with Crippen molar-refractivity contribution in [2.24, 2.45) is 35.0 Å². The highest BCUT2D eigenvalue weighted by molar-refractivity contribution is 5.84. The number of hydrogen-bond donors (Lipinski definition) is 1. The van der Waals surface area contributed by atoms with Gasteiger partial charge in [-0.3, -0.25) is 9.78 Å². The largest absolute Gasteiger partial charge is 0.462 e. The summed E-state index contributed by atoms with van der Waals surface area (Å²) in [7, 11) is 1.63. The van der Waals surface area contributed by atoms with Crippen LogP contribution in [0.1, 0.15) is 32.0 Å². The number of carbonyl (C=O) groups is 2. The number of pyridine rings is 1. The minimum atomic E-state index is -0.675. The Bertz CT molecular complexity index is 1250. The Kier molecular flexibility index (Phi) is 6.07. The molecule has 2 saturated heterocycles. The maximum Gasteiger partial charge on any atom is 0.317 e. The van der Waals surface area contributed by atoms with E-state index in [0.29, 0.717) is 24.6 Å². The Balaban J connectivity index is 1.45. The summed E-state index contributed by atoms with van der Waals surface area (Å²) < 4.78 is 5.87. The highest BCUT2D eigenvalue weighted by atomic mass is 16.6. The van der Waals surface area contributed by atoms with Crippen molar-refractivity contribution in [2.75, 3.05) is 20.1 Å². The molecule has 2 aliphatic heterocycles. The van der Waals surface area contributed by atoms with E-state index in [1.807, 2.05) is 43.3 Å². The lowest BCUT2D eigenvalue weighted by Gasteiger charge is -2.49. The van der Waals surface area contributed by atoms with E-state index in [2.05, 4.69) is 36.3 Å². The highest BCUT2D eigenvalue weighted by Gasteiger charge is 2.70. The van der Waals surface area contributed by atoms with E-state index in [1.54, 1.807) is 24.2 Å². The molecule has 1 N–H and O–H groups in total. The SMILES string of the molecule is CNC(=O)N1C[C@H]2[C@H](C)[C@@H](C)[C@H](/C=C/c3ccc(-c4ccccc4C#N)cn3)[C@@H]3[C@@H](C)OC(=O)[C@@]32C1. The summed E-state index contributed by atoms with van der Waals surface area (Å²) in [6.07, 6.45) is 5.80. The van der Waals surface area contributed by atoms with Gasteiger partial charge in [-0.05, 0) is 48.8 Å². The second kappa shape index (κ2) is 9.09. The van der Waals surface area contributed by atoms with Crippen LogP contribution in [0.5, 0.6) is 0 Å². The van der Waals surface area contributed by atoms with E-state index in [1.165, 1.54) is 0 Å². The Morgan fingerprint density at radius 3 is 2.69 bits per heavy atom. The van der Waals surface area contributed by atoms with Crippen LogP contribution in [0.4, 0.5) is 4.79 Å². The van der Waals surface area contributed by atoms with Crippen LogP contribution in [-0.2, 0) is 9.53 Å². The smallest absolute Gasteiger partial charge is 0.317 e. The van der Waals surface area contributed by atoms with Gasteiger partial charge in [0.2, 0.25) is 0 Å². The average Bonchev–Trinajstić information content (AvgIpc) is 3.42. The third kappa shape index (κ3) is 3.59. The number of nitrogens with zero attached hydrogens (tertiary/aromatic N) is 3. The maximum atomic E-state index is 13.3. The summed E-state index contributed by atoms with van der Waals surface area (Å²) in [6.45, 7) is 7.42. The molecule has 3 aliphatic rings. The fraction of sp³-hybridized carbons (Fsp3) is 0.448. The molecule has 3 heterocycles. The summed E-state index contributed by atoms with van der Waals surface area (Å²) in [4.78, 5) is 32.3. The van der Waals surface area contributed by atoms with E-state index in [-0.39, 0.29) is 41.8 Å². The number of allylic oxidation sites excluding steroid dienone is 1. The van der Waals surface area contributed by atoms with Gasteiger partial charge in [-0.15, -0.1) is 0 Å². The number of benzene rings is 1. The zero-order valence-electron chi connectivity index (χ0n) is 21.1. The number of hydrogen-bond acceptors (Lipinski definition) is 5. The van der Waals surface area contributed by atoms with E-state index in [9.17, 15) is 14.9 Å². The third-order valence-electron chi connectivity index (χ3n) is 8.93. The maximum absolute atomic E-state index is 13.3. The molecule has 7 atom stereocenters. The first-order chi connectivity index (χ1) is 17.3. The summed E-state index contributed by atoms with van der Waals surface area (Å²) in [5, 5.41) is 12.1. The van der Waals surface area contributed by atoms with Gasteiger partial charge in [0.25, 0.3) is 0 Å². The zero-order chi connectivity index (χ0) is 25.6. The van der Waals surface area contributed by atoms with Crippen LogP contribution in [-0.4, -0.2) is 48.1 Å². The molecule has 7 nitrogen and oxygen atoms in total. The molecule has 1 saturated carbocycles. The normalized spacial score (nSPS) is 33.1. The monoisotopic (exact) mass is 484 g/mol. The second-order valence-corrected chi connectivity index (χ2v) is 10.5. The number of carbonyl (C=O) groups excluding carboxylic acids is 2. The van der Waals surface area contributed by atoms with Crippen molar-refractivity contribution in [3.8, 4) is 17.2 Å². The molecule has 1 aromatic carbocycles. The van der Waals surface area contributed by atoms with E-state index < -0.39 is 5.41 Å². The molecule has 1 aliphatic carbocycles. The summed E-state index contributed by atoms with van der Waals surface area (Å²) in [5.41, 5.74) is 2.53. The average molecular weight is 485 g/mol. The van der Waals surface area contributed by atoms with Gasteiger partial charge in [0.05, 0.1) is 22.7 Å². The molecule has 1 aromatic heterocycles. The molecule has 0 unspecified atom stereocenters. The van der Waals surface area contributed by atoms with Crippen molar-refractivity contribution < 1.29 is 14.3 Å². The van der Waals surface area contributed by atoms with Crippen molar-refractivity contribution in [1.29, 1.82) is 5.26 Å². The van der Waals surface area contributed by atoms with Gasteiger partial charge >= 0.3 is 12.0 Å². The Labute approximate surface area is 212 Å². The molecule has 186 valence electrons. The lowest BCUT2D eigenvalue weighted by Crippen LogP contribution is -2.54. The van der Waals surface area contributed by atoms with Crippen molar-refractivity contribution in [3.05, 3.63) is 59.9 Å². The summed E-state index contributed by atoms with van der Waals surface area (Å²) >= 11 is 0. The molecule has 7 heteroatoms. The first-order valence-corrected chi connectivity index (χ1v) is 12.6. The standard InChI is InChI=1S/C29H32N4O3/c1-17-18(2)25-15-33(28(35)31-4)16-29(25)26(19(3)36-27(29)34)23(17)12-11-22-10-9-21(14-32-22)24-8-6-5-7-20(24)13-30/h5-12,14,17-19,23,25-26H,15-16H2,1-4H3,(H,31,35)/b12-11+/t17-,18-,19-,23+,25+,26+,29-/m1/s1. The fourth-order valence-electron chi connectivity index (χ4n) is 7.02. The lowest BCUT2D eigenvalue weighted by molar-refractivity contribution is -0.152. The topological polar surface area (TPSA) is 95.3 Å². The molecule has 3 fully saturated rings. The van der Waals surface area contributed by atoms with Gasteiger partial charge in [-0.25, -0.2) is 4.79 Å². The molecular formula is C29H32N4O3. The van der Waals surface area contributed by atoms with Gasteiger partial charge in [-0.2, -0.15) is 5.26 Å². The fourth-order valence-corrected chi connectivity index (χ4v) is 7.02. The number of urea groups is 1. The van der Waals surface area contributed by atoms with E-state index >= 15 is 0 Å². The van der Waals surface area contributed by atoms with E-state index in [0.717, 1.165) is 16.8 Å². The Morgan fingerprint density at radius 1 is 1.22 bits per heavy atom. The van der Waals surface area contributed by atoms with Crippen molar-refractivity contribution in [1.82, 2.24) is 15.2 Å². The molecular weight excluding hydrogens is 452 g/mol. The molecule has 36 heavy (non-hydrogen) atoms. The van der Waals surface area contributed by atoms with Crippen LogP contribution >= 0.6 is 0 Å². The first-order valence-electron chi connectivity index (χ1n) is 12.6. The number of nitrogens with one attached hydrogen (secondary N) is 1. The number of esters is 1. The molecule has 0 radical (unpaired) electrons. The number of amides is 2. The van der Waals surface area contributed by atoms with Gasteiger partial charge in [0.15, 0.2) is 0 Å². The van der Waals surface area contributed by atoms with Crippen LogP contribution in [0, 0.1) is 46.3 Å². The quantitative estimate of drug-likeness (QED) is 0.654. The van der Waals surface area contributed by atoms with Crippen molar-refractivity contribution in [3.63, 3.8) is 0 Å². The van der Waals surface area contributed by atoms with Crippen LogP contribution in [0.15, 0.2) is 48.7 Å². The number of ether oxygens (including phenoxy) is 1. The summed E-state index contributed by atoms with van der Waals surface area (Å²) in [6, 6.07) is 13.5. The summed E-state index contributed by atoms with van der Waals surface area (Å²) in [5.74, 6) is 0.590. The highest BCUT2D eigenvalue weighted by Crippen LogP contribution is 2.62. The molecule has 5 rings (SSSR count). The van der Waals surface area contributed by atoms with Crippen LogP contribution in [0.3, 0.4) is 0 Å². The predicted octanol–water partition coefficient (Wildman–Crippen LogP) is 4.35. The van der Waals surface area contributed by atoms with Crippen LogP contribution in [0.25, 0.3) is 17.2 Å². The number of cyclic esters (lactones) is 1. The van der Waals surface area contributed by atoms with E-state index in [4.69, 9.17) is 4.74 Å². The number of aromatic nitrogens is 1. The Morgan fingerprint density at radius 2 is 2.00 bits per heavy atom. The molecule has 1 spiro atoms. The van der Waals surface area contributed by atoms with Gasteiger partial charge < -0.3 is 15.0 Å². The number of rotatable bonds is 3. The van der Waals surface area contributed by atoms with Crippen LogP contribution in [0.2, 0.25) is 0 Å². The minimum Gasteiger partial charge on any atom is -0.462 e. The van der Waals surface area contributed by atoms with Crippen molar-refractivity contribution >= 4 is 18.1 Å². The second-order valence-electron chi connectivity index (χ2n) is 10.5. The molecule has 0 bridgehead atoms. The van der Waals surface area contributed by atoms with Gasteiger partial charge in [0, 0.05) is 43.4 Å². The molecule has 2 aromatic rings. The van der Waals surface area contributed by atoms with Crippen LogP contribution < -0.4 is 5.32 Å². The number of nitriles is 1. The molecule has 2 amide bonds. The zero-order valence-corrected chi connectivity index (χ0v) is 21.1. The van der Waals surface area contributed by atoms with Gasteiger partial charge in [0.1, 0.15) is 6.10 Å². The minimum absolute atomic E-state index is 0.00566. The van der Waals surface area contributed by atoms with Gasteiger partial charge in [-0.1, -0.05) is 44.2 Å². The number of likely N-dealkylation sites (tertiary alicyclic amines) is 1. The first kappa shape index (κ1) is 24.1. The lowest BCUT2D eigenvalue weighted by atomic mass is 9.51. The third-order valence-corrected chi connectivity index (χ3v) is 8.93.